The number of rotatable bonds is 4. The summed E-state index contributed by atoms with van der Waals surface area (Å²) >= 11 is 2.25. The van der Waals surface area contributed by atoms with Crippen LogP contribution in [0.1, 0.15) is 12.8 Å². The number of piperidine rings is 1. The molecule has 0 saturated carbocycles. The zero-order valence-corrected chi connectivity index (χ0v) is 13.3. The van der Waals surface area contributed by atoms with Crippen molar-refractivity contribution in [3.8, 4) is 0 Å². The predicted octanol–water partition coefficient (Wildman–Crippen LogP) is 1.91. The molecule has 5 heteroatoms. The Bertz CT molecular complexity index is 421. The summed E-state index contributed by atoms with van der Waals surface area (Å²) < 4.78 is 1.17. The minimum absolute atomic E-state index is 0.0676. The SMILES string of the molecule is CNC1CCCN(CC(=O)Nc2ccc(I)cc2)C1. The van der Waals surface area contributed by atoms with E-state index in [2.05, 4.69) is 38.1 Å². The number of carbonyl (C=O) groups excluding carboxylic acids is 1. The van der Waals surface area contributed by atoms with Gasteiger partial charge < -0.3 is 10.6 Å². The van der Waals surface area contributed by atoms with Crippen LogP contribution in [-0.4, -0.2) is 43.5 Å². The highest BCUT2D eigenvalue weighted by atomic mass is 127. The molecule has 1 heterocycles. The van der Waals surface area contributed by atoms with Crippen LogP contribution < -0.4 is 10.6 Å². The van der Waals surface area contributed by atoms with Gasteiger partial charge in [0.15, 0.2) is 0 Å². The van der Waals surface area contributed by atoms with E-state index in [1.807, 2.05) is 31.3 Å². The molecule has 1 aliphatic rings. The Kier molecular flexibility index (Phi) is 5.59. The zero-order chi connectivity index (χ0) is 13.7. The minimum atomic E-state index is 0.0676. The molecule has 1 atom stereocenters. The molecule has 1 aromatic carbocycles. The number of hydrogen-bond donors (Lipinski definition) is 2. The number of benzene rings is 1. The second kappa shape index (κ2) is 7.21. The van der Waals surface area contributed by atoms with E-state index < -0.39 is 0 Å². The van der Waals surface area contributed by atoms with Gasteiger partial charge in [0.1, 0.15) is 0 Å². The van der Waals surface area contributed by atoms with Crippen LogP contribution in [0.25, 0.3) is 0 Å². The third-order valence-corrected chi connectivity index (χ3v) is 4.13. The lowest BCUT2D eigenvalue weighted by Crippen LogP contribution is -2.46. The van der Waals surface area contributed by atoms with E-state index in [1.54, 1.807) is 0 Å². The van der Waals surface area contributed by atoms with E-state index in [4.69, 9.17) is 0 Å². The maximum atomic E-state index is 12.0. The fourth-order valence-electron chi connectivity index (χ4n) is 2.37. The molecule has 2 rings (SSSR count). The summed E-state index contributed by atoms with van der Waals surface area (Å²) in [5.74, 6) is 0.0676. The molecule has 0 spiro atoms. The van der Waals surface area contributed by atoms with Crippen molar-refractivity contribution < 1.29 is 4.79 Å². The Labute approximate surface area is 128 Å². The highest BCUT2D eigenvalue weighted by molar-refractivity contribution is 14.1. The van der Waals surface area contributed by atoms with Crippen LogP contribution in [0.15, 0.2) is 24.3 Å². The number of carbonyl (C=O) groups is 1. The largest absolute Gasteiger partial charge is 0.325 e. The molecule has 0 bridgehead atoms. The lowest BCUT2D eigenvalue weighted by atomic mass is 10.1. The predicted molar refractivity (Wildman–Crippen MR) is 86.3 cm³/mol. The molecular formula is C14H20IN3O. The fourth-order valence-corrected chi connectivity index (χ4v) is 2.73. The molecule has 19 heavy (non-hydrogen) atoms. The van der Waals surface area contributed by atoms with E-state index in [1.165, 1.54) is 9.99 Å². The lowest BCUT2D eigenvalue weighted by molar-refractivity contribution is -0.117. The monoisotopic (exact) mass is 373 g/mol. The fraction of sp³-hybridized carbons (Fsp3) is 0.500. The lowest BCUT2D eigenvalue weighted by Gasteiger charge is -2.31. The van der Waals surface area contributed by atoms with Gasteiger partial charge in [0, 0.05) is 21.8 Å². The van der Waals surface area contributed by atoms with Crippen molar-refractivity contribution in [2.45, 2.75) is 18.9 Å². The number of likely N-dealkylation sites (N-methyl/N-ethyl adjacent to an activating group) is 1. The van der Waals surface area contributed by atoms with Crippen LogP contribution in [0.5, 0.6) is 0 Å². The second-order valence-corrected chi connectivity index (χ2v) is 6.16. The van der Waals surface area contributed by atoms with Crippen LogP contribution in [0.4, 0.5) is 5.69 Å². The van der Waals surface area contributed by atoms with E-state index >= 15 is 0 Å². The number of nitrogens with zero attached hydrogens (tertiary/aromatic N) is 1. The van der Waals surface area contributed by atoms with Crippen molar-refractivity contribution in [2.75, 3.05) is 32.0 Å². The Morgan fingerprint density at radius 1 is 1.42 bits per heavy atom. The van der Waals surface area contributed by atoms with Crippen LogP contribution >= 0.6 is 22.6 Å². The van der Waals surface area contributed by atoms with Gasteiger partial charge in [-0.1, -0.05) is 0 Å². The number of anilines is 1. The van der Waals surface area contributed by atoms with Gasteiger partial charge in [-0.3, -0.25) is 9.69 Å². The third kappa shape index (κ3) is 4.74. The van der Waals surface area contributed by atoms with Crippen molar-refractivity contribution in [2.24, 2.45) is 0 Å². The average Bonchev–Trinajstić information content (AvgIpc) is 2.41. The van der Waals surface area contributed by atoms with Gasteiger partial charge in [-0.2, -0.15) is 0 Å². The molecule has 1 saturated heterocycles. The number of amides is 1. The van der Waals surface area contributed by atoms with E-state index in [0.29, 0.717) is 12.6 Å². The summed E-state index contributed by atoms with van der Waals surface area (Å²) in [4.78, 5) is 14.2. The molecule has 4 nitrogen and oxygen atoms in total. The number of nitrogens with one attached hydrogen (secondary N) is 2. The summed E-state index contributed by atoms with van der Waals surface area (Å²) in [6, 6.07) is 8.38. The number of likely N-dealkylation sites (tertiary alicyclic amines) is 1. The normalized spacial score (nSPS) is 20.2. The topological polar surface area (TPSA) is 44.4 Å². The Balaban J connectivity index is 1.82. The van der Waals surface area contributed by atoms with Gasteiger partial charge >= 0.3 is 0 Å². The zero-order valence-electron chi connectivity index (χ0n) is 11.2. The van der Waals surface area contributed by atoms with Crippen molar-refractivity contribution in [3.05, 3.63) is 27.8 Å². The van der Waals surface area contributed by atoms with Gasteiger partial charge in [0.2, 0.25) is 5.91 Å². The summed E-state index contributed by atoms with van der Waals surface area (Å²) in [5.41, 5.74) is 0.868. The van der Waals surface area contributed by atoms with Crippen molar-refractivity contribution in [1.82, 2.24) is 10.2 Å². The smallest absolute Gasteiger partial charge is 0.238 e. The standard InChI is InChI=1S/C14H20IN3O/c1-16-13-3-2-8-18(9-13)10-14(19)17-12-6-4-11(15)5-7-12/h4-7,13,16H,2-3,8-10H2,1H3,(H,17,19). The number of hydrogen-bond acceptors (Lipinski definition) is 3. The maximum absolute atomic E-state index is 12.0. The molecule has 1 aromatic rings. The van der Waals surface area contributed by atoms with Crippen LogP contribution in [0, 0.1) is 3.57 Å². The highest BCUT2D eigenvalue weighted by Crippen LogP contribution is 2.12. The molecule has 0 aliphatic carbocycles. The first-order chi connectivity index (χ1) is 9.17. The molecule has 0 radical (unpaired) electrons. The van der Waals surface area contributed by atoms with E-state index in [0.717, 1.165) is 25.2 Å². The Hall–Kier alpha value is -0.660. The summed E-state index contributed by atoms with van der Waals surface area (Å²) in [6.45, 7) is 2.44. The summed E-state index contributed by atoms with van der Waals surface area (Å²) in [6.07, 6.45) is 2.36. The van der Waals surface area contributed by atoms with Gasteiger partial charge in [0.25, 0.3) is 0 Å². The first kappa shape index (κ1) is 14.7. The molecule has 2 N–H and O–H groups in total. The molecule has 0 aromatic heterocycles. The van der Waals surface area contributed by atoms with E-state index in [9.17, 15) is 4.79 Å². The molecular weight excluding hydrogens is 353 g/mol. The van der Waals surface area contributed by atoms with Crippen LogP contribution in [0.2, 0.25) is 0 Å². The van der Waals surface area contributed by atoms with Crippen molar-refractivity contribution in [3.63, 3.8) is 0 Å². The summed E-state index contributed by atoms with van der Waals surface area (Å²) in [7, 11) is 1.99. The number of halogens is 1. The Morgan fingerprint density at radius 2 is 2.16 bits per heavy atom. The second-order valence-electron chi connectivity index (χ2n) is 4.92. The third-order valence-electron chi connectivity index (χ3n) is 3.41. The van der Waals surface area contributed by atoms with Crippen LogP contribution in [0.3, 0.4) is 0 Å². The van der Waals surface area contributed by atoms with Gasteiger partial charge in [0.05, 0.1) is 6.54 Å². The minimum Gasteiger partial charge on any atom is -0.325 e. The summed E-state index contributed by atoms with van der Waals surface area (Å²) in [5, 5.41) is 6.23. The van der Waals surface area contributed by atoms with Gasteiger partial charge in [-0.15, -0.1) is 0 Å². The average molecular weight is 373 g/mol. The highest BCUT2D eigenvalue weighted by Gasteiger charge is 2.20. The molecule has 1 fully saturated rings. The van der Waals surface area contributed by atoms with Crippen molar-refractivity contribution >= 4 is 34.2 Å². The quantitative estimate of drug-likeness (QED) is 0.793. The van der Waals surface area contributed by atoms with Gasteiger partial charge in [-0.05, 0) is 73.3 Å². The van der Waals surface area contributed by atoms with E-state index in [-0.39, 0.29) is 5.91 Å². The van der Waals surface area contributed by atoms with Crippen molar-refractivity contribution in [1.29, 1.82) is 0 Å². The molecule has 104 valence electrons. The van der Waals surface area contributed by atoms with Crippen LogP contribution in [-0.2, 0) is 4.79 Å². The van der Waals surface area contributed by atoms with Gasteiger partial charge in [-0.25, -0.2) is 0 Å². The molecule has 1 amide bonds. The molecule has 1 unspecified atom stereocenters. The maximum Gasteiger partial charge on any atom is 0.238 e. The molecule has 1 aliphatic heterocycles. The first-order valence-corrected chi connectivity index (χ1v) is 7.70. The Morgan fingerprint density at radius 3 is 2.84 bits per heavy atom. The first-order valence-electron chi connectivity index (χ1n) is 6.62.